The van der Waals surface area contributed by atoms with Crippen LogP contribution in [0.5, 0.6) is 5.75 Å². The van der Waals surface area contributed by atoms with Gasteiger partial charge in [-0.1, -0.05) is 11.6 Å². The normalized spacial score (nSPS) is 28.8. The van der Waals surface area contributed by atoms with Crippen LogP contribution in [0.25, 0.3) is 0 Å². The van der Waals surface area contributed by atoms with Gasteiger partial charge in [0.15, 0.2) is 0 Å². The molecule has 0 bridgehead atoms. The number of carbonyl (C=O) groups is 1. The molecule has 0 spiro atoms. The summed E-state index contributed by atoms with van der Waals surface area (Å²) in [6, 6.07) is 5.12. The minimum absolute atomic E-state index is 0.0549. The van der Waals surface area contributed by atoms with E-state index in [-0.39, 0.29) is 17.2 Å². The summed E-state index contributed by atoms with van der Waals surface area (Å²) in [4.78, 5) is 17.9. The standard InChI is InChI=1S/C15H18N2O3S2/c1-8-3-4-12(18)9(5-8)13-16-10(6-21-13)14-17(2)11(7-22-14)15(19)20/h3-5,10-11,14,18H,6-7H2,1-2H3,(H,19,20)/t10?,11-,14+/m1/s1. The lowest BCUT2D eigenvalue weighted by atomic mass is 10.1. The summed E-state index contributed by atoms with van der Waals surface area (Å²) < 4.78 is 0. The van der Waals surface area contributed by atoms with Crippen molar-refractivity contribution in [2.45, 2.75) is 24.4 Å². The van der Waals surface area contributed by atoms with E-state index >= 15 is 0 Å². The molecule has 1 unspecified atom stereocenters. The van der Waals surface area contributed by atoms with E-state index in [1.807, 2.05) is 31.0 Å². The summed E-state index contributed by atoms with van der Waals surface area (Å²) in [5.41, 5.74) is 1.85. The molecule has 2 aliphatic heterocycles. The molecule has 0 saturated carbocycles. The van der Waals surface area contributed by atoms with E-state index in [1.165, 1.54) is 0 Å². The van der Waals surface area contributed by atoms with Crippen LogP contribution >= 0.6 is 23.5 Å². The number of carboxylic acids is 1. The number of rotatable bonds is 3. The van der Waals surface area contributed by atoms with E-state index in [4.69, 9.17) is 4.99 Å². The van der Waals surface area contributed by atoms with Crippen LogP contribution in [0.4, 0.5) is 0 Å². The molecule has 1 fully saturated rings. The first-order chi connectivity index (χ1) is 10.5. The summed E-state index contributed by atoms with van der Waals surface area (Å²) in [5.74, 6) is 0.881. The third kappa shape index (κ3) is 2.85. The van der Waals surface area contributed by atoms with Gasteiger partial charge in [-0.25, -0.2) is 0 Å². The molecule has 2 N–H and O–H groups in total. The Hall–Kier alpha value is -1.18. The molecule has 0 aromatic heterocycles. The van der Waals surface area contributed by atoms with E-state index in [1.54, 1.807) is 29.6 Å². The van der Waals surface area contributed by atoms with Crippen molar-refractivity contribution in [2.75, 3.05) is 18.6 Å². The van der Waals surface area contributed by atoms with Gasteiger partial charge in [-0.2, -0.15) is 0 Å². The van der Waals surface area contributed by atoms with Crippen LogP contribution in [-0.4, -0.2) is 62.1 Å². The van der Waals surface area contributed by atoms with Crippen molar-refractivity contribution in [3.63, 3.8) is 0 Å². The van der Waals surface area contributed by atoms with Gasteiger partial charge in [-0.15, -0.1) is 23.5 Å². The Morgan fingerprint density at radius 2 is 2.18 bits per heavy atom. The Bertz CT molecular complexity index is 635. The summed E-state index contributed by atoms with van der Waals surface area (Å²) in [6.45, 7) is 1.98. The molecule has 22 heavy (non-hydrogen) atoms. The molecule has 5 nitrogen and oxygen atoms in total. The van der Waals surface area contributed by atoms with Crippen LogP contribution in [-0.2, 0) is 4.79 Å². The highest BCUT2D eigenvalue weighted by Crippen LogP contribution is 2.37. The van der Waals surface area contributed by atoms with Crippen LogP contribution < -0.4 is 0 Å². The zero-order valence-corrected chi connectivity index (χ0v) is 14.0. The number of hydrogen-bond acceptors (Lipinski definition) is 6. The molecule has 7 heteroatoms. The number of likely N-dealkylation sites (N-methyl/N-ethyl adjacent to an activating group) is 1. The van der Waals surface area contributed by atoms with Crippen molar-refractivity contribution < 1.29 is 15.0 Å². The van der Waals surface area contributed by atoms with Gasteiger partial charge in [0.2, 0.25) is 0 Å². The first-order valence-electron chi connectivity index (χ1n) is 7.04. The van der Waals surface area contributed by atoms with Crippen LogP contribution in [0.3, 0.4) is 0 Å². The lowest BCUT2D eigenvalue weighted by molar-refractivity contribution is -0.141. The van der Waals surface area contributed by atoms with Crippen molar-refractivity contribution in [1.29, 1.82) is 0 Å². The molecule has 1 aromatic carbocycles. The van der Waals surface area contributed by atoms with Gasteiger partial charge in [0.25, 0.3) is 0 Å². The molecule has 1 saturated heterocycles. The van der Waals surface area contributed by atoms with Gasteiger partial charge in [0.1, 0.15) is 16.8 Å². The Balaban J connectivity index is 1.80. The van der Waals surface area contributed by atoms with Gasteiger partial charge >= 0.3 is 5.97 Å². The average molecular weight is 338 g/mol. The SMILES string of the molecule is Cc1ccc(O)c(C2=NC([C@@H]3SC[C@H](C(=O)O)N3C)CS2)c1. The fourth-order valence-electron chi connectivity index (χ4n) is 2.73. The van der Waals surface area contributed by atoms with Gasteiger partial charge < -0.3 is 10.2 Å². The molecular formula is C15H18N2O3S2. The van der Waals surface area contributed by atoms with Crippen LogP contribution in [0.15, 0.2) is 23.2 Å². The Morgan fingerprint density at radius 1 is 1.41 bits per heavy atom. The van der Waals surface area contributed by atoms with Crippen molar-refractivity contribution in [2.24, 2.45) is 4.99 Å². The largest absolute Gasteiger partial charge is 0.507 e. The summed E-state index contributed by atoms with van der Waals surface area (Å²) >= 11 is 3.28. The second-order valence-corrected chi connectivity index (χ2v) is 7.73. The van der Waals surface area contributed by atoms with Gasteiger partial charge in [-0.3, -0.25) is 14.7 Å². The molecule has 1 aromatic rings. The van der Waals surface area contributed by atoms with Crippen LogP contribution in [0, 0.1) is 6.92 Å². The second-order valence-electron chi connectivity index (χ2n) is 5.58. The molecular weight excluding hydrogens is 320 g/mol. The zero-order chi connectivity index (χ0) is 15.9. The van der Waals surface area contributed by atoms with E-state index in [0.717, 1.165) is 21.9 Å². The maximum Gasteiger partial charge on any atom is 0.321 e. The Morgan fingerprint density at radius 3 is 2.86 bits per heavy atom. The number of carboxylic acid groups (broad SMARTS) is 1. The smallest absolute Gasteiger partial charge is 0.321 e. The number of aryl methyl sites for hydroxylation is 1. The third-order valence-corrected chi connectivity index (χ3v) is 6.59. The van der Waals surface area contributed by atoms with Crippen molar-refractivity contribution >= 4 is 34.5 Å². The number of aliphatic carboxylic acids is 1. The van der Waals surface area contributed by atoms with E-state index in [0.29, 0.717) is 5.75 Å². The minimum Gasteiger partial charge on any atom is -0.507 e. The average Bonchev–Trinajstić information content (AvgIpc) is 3.07. The minimum atomic E-state index is -0.774. The third-order valence-electron chi connectivity index (χ3n) is 3.99. The molecule has 2 heterocycles. The summed E-state index contributed by atoms with van der Waals surface area (Å²) in [6.07, 6.45) is 0. The Labute approximate surface area is 137 Å². The molecule has 3 atom stereocenters. The predicted octanol–water partition coefficient (Wildman–Crippen LogP) is 2.02. The fourth-order valence-corrected chi connectivity index (χ4v) is 5.49. The van der Waals surface area contributed by atoms with Gasteiger partial charge in [-0.05, 0) is 26.1 Å². The van der Waals surface area contributed by atoms with Crippen molar-refractivity contribution in [3.8, 4) is 5.75 Å². The molecule has 0 aliphatic carbocycles. The number of phenols is 1. The van der Waals surface area contributed by atoms with Crippen molar-refractivity contribution in [3.05, 3.63) is 29.3 Å². The zero-order valence-electron chi connectivity index (χ0n) is 12.4. The molecule has 118 valence electrons. The number of aromatic hydroxyl groups is 1. The van der Waals surface area contributed by atoms with Crippen LogP contribution in [0.1, 0.15) is 11.1 Å². The first kappa shape index (κ1) is 15.7. The summed E-state index contributed by atoms with van der Waals surface area (Å²) in [5, 5.41) is 20.2. The number of nitrogens with zero attached hydrogens (tertiary/aromatic N) is 2. The molecule has 2 aliphatic rings. The monoisotopic (exact) mass is 338 g/mol. The molecule has 3 rings (SSSR count). The van der Waals surface area contributed by atoms with E-state index in [9.17, 15) is 15.0 Å². The summed E-state index contributed by atoms with van der Waals surface area (Å²) in [7, 11) is 1.85. The fraction of sp³-hybridized carbons (Fsp3) is 0.467. The number of benzene rings is 1. The lowest BCUT2D eigenvalue weighted by Crippen LogP contribution is -2.42. The number of thioether (sulfide) groups is 2. The Kier molecular flexibility index (Phi) is 4.38. The van der Waals surface area contributed by atoms with Gasteiger partial charge in [0, 0.05) is 17.1 Å². The maximum atomic E-state index is 11.2. The highest BCUT2D eigenvalue weighted by molar-refractivity contribution is 8.14. The molecule has 0 radical (unpaired) electrons. The first-order valence-corrected chi connectivity index (χ1v) is 9.07. The van der Waals surface area contributed by atoms with E-state index in [2.05, 4.69) is 0 Å². The topological polar surface area (TPSA) is 73.1 Å². The van der Waals surface area contributed by atoms with Crippen LogP contribution in [0.2, 0.25) is 0 Å². The number of aliphatic imine (C=N–C) groups is 1. The lowest BCUT2D eigenvalue weighted by Gasteiger charge is -2.24. The molecule has 0 amide bonds. The highest BCUT2D eigenvalue weighted by atomic mass is 32.2. The predicted molar refractivity (Wildman–Crippen MR) is 91.1 cm³/mol. The quantitative estimate of drug-likeness (QED) is 0.878. The maximum absolute atomic E-state index is 11.2. The van der Waals surface area contributed by atoms with Gasteiger partial charge in [0.05, 0.1) is 11.4 Å². The highest BCUT2D eigenvalue weighted by Gasteiger charge is 2.41. The van der Waals surface area contributed by atoms with Crippen molar-refractivity contribution in [1.82, 2.24) is 4.90 Å². The second kappa shape index (κ2) is 6.14. The number of phenolic OH excluding ortho intramolecular Hbond substituents is 1. The van der Waals surface area contributed by atoms with E-state index < -0.39 is 12.0 Å². The number of hydrogen-bond donors (Lipinski definition) is 2.